The van der Waals surface area contributed by atoms with Crippen LogP contribution in [0.3, 0.4) is 0 Å². The lowest BCUT2D eigenvalue weighted by Gasteiger charge is -2.10. The fraction of sp³-hybridized carbons (Fsp3) is 0.208. The fourth-order valence-electron chi connectivity index (χ4n) is 3.13. The van der Waals surface area contributed by atoms with Crippen molar-refractivity contribution in [2.45, 2.75) is 31.9 Å². The Hall–Kier alpha value is -3.50. The second-order valence-electron chi connectivity index (χ2n) is 7.39. The first-order chi connectivity index (χ1) is 16.4. The Labute approximate surface area is 204 Å². The molecule has 0 aliphatic carbocycles. The van der Waals surface area contributed by atoms with Crippen LogP contribution in [0.2, 0.25) is 0 Å². The molecule has 0 aliphatic heterocycles. The predicted molar refractivity (Wildman–Crippen MR) is 131 cm³/mol. The molecule has 1 N–H and O–H groups in total. The molecule has 0 spiro atoms. The highest BCUT2D eigenvalue weighted by Crippen LogP contribution is 2.26. The van der Waals surface area contributed by atoms with Gasteiger partial charge in [0, 0.05) is 11.1 Å². The van der Waals surface area contributed by atoms with Crippen LogP contribution in [0.5, 0.6) is 0 Å². The molecule has 10 heteroatoms. The number of benzene rings is 1. The first-order valence-electron chi connectivity index (χ1n) is 10.4. The third-order valence-corrected chi connectivity index (χ3v) is 6.37. The van der Waals surface area contributed by atoms with Gasteiger partial charge in [-0.05, 0) is 44.4 Å². The largest absolute Gasteiger partial charge is 0.461 e. The predicted octanol–water partition coefficient (Wildman–Crippen LogP) is 5.07. The van der Waals surface area contributed by atoms with E-state index in [1.54, 1.807) is 30.7 Å². The molecule has 8 nitrogen and oxygen atoms in total. The Morgan fingerprint density at radius 3 is 2.62 bits per heavy atom. The molecule has 3 aromatic heterocycles. The lowest BCUT2D eigenvalue weighted by atomic mass is 10.2. The van der Waals surface area contributed by atoms with Gasteiger partial charge in [0.2, 0.25) is 5.91 Å². The molecule has 0 saturated heterocycles. The zero-order valence-corrected chi connectivity index (χ0v) is 20.5. The van der Waals surface area contributed by atoms with Crippen molar-refractivity contribution in [3.63, 3.8) is 0 Å². The smallest absolute Gasteiger partial charge is 0.343 e. The highest BCUT2D eigenvalue weighted by molar-refractivity contribution is 7.98. The first-order valence-corrected chi connectivity index (χ1v) is 12.5. The number of aromatic nitrogens is 3. The standard InChI is InChI=1S/C24H22N4O4S2/c1-14-6-8-16(9-7-14)26-19(29)11-20-27-17(13-34-20)12-32-24(30)21-15(2)25-22(28-23(21)33-3)18-5-4-10-31-18/h4-10,13H,11-12H2,1-3H3,(H,26,29). The molecular weight excluding hydrogens is 472 g/mol. The number of carbonyl (C=O) groups is 2. The Balaban J connectivity index is 1.37. The minimum atomic E-state index is -0.528. The summed E-state index contributed by atoms with van der Waals surface area (Å²) in [6, 6.07) is 11.1. The Morgan fingerprint density at radius 2 is 1.91 bits per heavy atom. The van der Waals surface area contributed by atoms with Gasteiger partial charge in [-0.15, -0.1) is 23.1 Å². The van der Waals surface area contributed by atoms with Crippen LogP contribution < -0.4 is 5.32 Å². The molecule has 0 radical (unpaired) electrons. The molecule has 0 atom stereocenters. The van der Waals surface area contributed by atoms with Crippen molar-refractivity contribution in [2.75, 3.05) is 11.6 Å². The number of esters is 1. The molecule has 4 rings (SSSR count). The normalized spacial score (nSPS) is 10.8. The van der Waals surface area contributed by atoms with E-state index in [-0.39, 0.29) is 18.9 Å². The van der Waals surface area contributed by atoms with Gasteiger partial charge < -0.3 is 14.5 Å². The SMILES string of the molecule is CSc1nc(-c2ccco2)nc(C)c1C(=O)OCc1csc(CC(=O)Nc2ccc(C)cc2)n1. The Kier molecular flexibility index (Phi) is 7.39. The lowest BCUT2D eigenvalue weighted by molar-refractivity contribution is -0.115. The number of hydrogen-bond acceptors (Lipinski definition) is 9. The van der Waals surface area contributed by atoms with Gasteiger partial charge in [-0.1, -0.05) is 17.7 Å². The van der Waals surface area contributed by atoms with Crippen molar-refractivity contribution in [3.8, 4) is 11.6 Å². The summed E-state index contributed by atoms with van der Waals surface area (Å²) in [6.45, 7) is 3.71. The van der Waals surface area contributed by atoms with E-state index in [9.17, 15) is 9.59 Å². The number of thiazole rings is 1. The second-order valence-corrected chi connectivity index (χ2v) is 9.13. The van der Waals surface area contributed by atoms with Crippen molar-refractivity contribution in [2.24, 2.45) is 0 Å². The van der Waals surface area contributed by atoms with E-state index < -0.39 is 5.97 Å². The third-order valence-electron chi connectivity index (χ3n) is 4.79. The lowest BCUT2D eigenvalue weighted by Crippen LogP contribution is -2.14. The highest BCUT2D eigenvalue weighted by Gasteiger charge is 2.21. The summed E-state index contributed by atoms with van der Waals surface area (Å²) in [6.07, 6.45) is 3.52. The van der Waals surface area contributed by atoms with E-state index in [0.717, 1.165) is 11.3 Å². The Morgan fingerprint density at radius 1 is 1.12 bits per heavy atom. The average Bonchev–Trinajstić information content (AvgIpc) is 3.51. The highest BCUT2D eigenvalue weighted by atomic mass is 32.2. The molecule has 0 fully saturated rings. The number of furan rings is 1. The first kappa shape index (κ1) is 23.7. The maximum atomic E-state index is 12.8. The number of rotatable bonds is 8. The number of nitrogens with one attached hydrogen (secondary N) is 1. The zero-order valence-electron chi connectivity index (χ0n) is 18.8. The summed E-state index contributed by atoms with van der Waals surface area (Å²) in [4.78, 5) is 38.4. The number of amides is 1. The molecule has 0 aliphatic rings. The maximum Gasteiger partial charge on any atom is 0.343 e. The van der Waals surface area contributed by atoms with Crippen molar-refractivity contribution >= 4 is 40.7 Å². The minimum Gasteiger partial charge on any atom is -0.461 e. The molecule has 0 bridgehead atoms. The molecule has 4 aromatic rings. The van der Waals surface area contributed by atoms with Gasteiger partial charge in [0.1, 0.15) is 22.2 Å². The van der Waals surface area contributed by atoms with Crippen molar-refractivity contribution in [1.29, 1.82) is 0 Å². The van der Waals surface area contributed by atoms with E-state index in [4.69, 9.17) is 9.15 Å². The van der Waals surface area contributed by atoms with Crippen LogP contribution in [-0.4, -0.2) is 33.1 Å². The van der Waals surface area contributed by atoms with Crippen LogP contribution in [0.1, 0.15) is 32.3 Å². The number of thioether (sulfide) groups is 1. The van der Waals surface area contributed by atoms with Gasteiger partial charge in [-0.25, -0.2) is 19.7 Å². The molecular formula is C24H22N4O4S2. The van der Waals surface area contributed by atoms with Gasteiger partial charge in [0.25, 0.3) is 0 Å². The van der Waals surface area contributed by atoms with E-state index in [0.29, 0.717) is 38.6 Å². The van der Waals surface area contributed by atoms with Gasteiger partial charge in [0.15, 0.2) is 11.6 Å². The van der Waals surface area contributed by atoms with Gasteiger partial charge in [-0.2, -0.15) is 0 Å². The topological polar surface area (TPSA) is 107 Å². The third kappa shape index (κ3) is 5.70. The molecule has 1 amide bonds. The maximum absolute atomic E-state index is 12.8. The summed E-state index contributed by atoms with van der Waals surface area (Å²) in [7, 11) is 0. The summed E-state index contributed by atoms with van der Waals surface area (Å²) >= 11 is 2.68. The number of nitrogens with zero attached hydrogens (tertiary/aromatic N) is 3. The molecule has 1 aromatic carbocycles. The van der Waals surface area contributed by atoms with Crippen LogP contribution in [0.4, 0.5) is 5.69 Å². The van der Waals surface area contributed by atoms with Crippen LogP contribution in [0, 0.1) is 13.8 Å². The van der Waals surface area contributed by atoms with Crippen LogP contribution in [0.15, 0.2) is 57.5 Å². The molecule has 34 heavy (non-hydrogen) atoms. The van der Waals surface area contributed by atoms with Gasteiger partial charge >= 0.3 is 5.97 Å². The van der Waals surface area contributed by atoms with Crippen LogP contribution in [-0.2, 0) is 22.6 Å². The Bertz CT molecular complexity index is 1300. The van der Waals surface area contributed by atoms with Crippen LogP contribution >= 0.6 is 23.1 Å². The molecule has 174 valence electrons. The van der Waals surface area contributed by atoms with Crippen molar-refractivity contribution < 1.29 is 18.7 Å². The van der Waals surface area contributed by atoms with Crippen molar-refractivity contribution in [1.82, 2.24) is 15.0 Å². The second kappa shape index (κ2) is 10.6. The summed E-state index contributed by atoms with van der Waals surface area (Å²) in [5, 5.41) is 5.78. The van der Waals surface area contributed by atoms with E-state index in [1.807, 2.05) is 37.4 Å². The number of anilines is 1. The van der Waals surface area contributed by atoms with E-state index in [1.165, 1.54) is 23.1 Å². The number of ether oxygens (including phenoxy) is 1. The van der Waals surface area contributed by atoms with Crippen molar-refractivity contribution in [3.05, 3.63) is 75.6 Å². The van der Waals surface area contributed by atoms with Crippen LogP contribution in [0.25, 0.3) is 11.6 Å². The minimum absolute atomic E-state index is 0.0118. The van der Waals surface area contributed by atoms with Gasteiger partial charge in [0.05, 0.1) is 24.1 Å². The summed E-state index contributed by atoms with van der Waals surface area (Å²) in [5.74, 6) is 0.256. The summed E-state index contributed by atoms with van der Waals surface area (Å²) in [5.41, 5.74) is 3.25. The van der Waals surface area contributed by atoms with E-state index in [2.05, 4.69) is 20.3 Å². The quantitative estimate of drug-likeness (QED) is 0.206. The monoisotopic (exact) mass is 494 g/mol. The number of carbonyl (C=O) groups excluding carboxylic acids is 2. The molecule has 0 unspecified atom stereocenters. The average molecular weight is 495 g/mol. The number of hydrogen-bond donors (Lipinski definition) is 1. The summed E-state index contributed by atoms with van der Waals surface area (Å²) < 4.78 is 10.8. The van der Waals surface area contributed by atoms with Gasteiger partial charge in [-0.3, -0.25) is 4.79 Å². The zero-order chi connectivity index (χ0) is 24.1. The molecule has 3 heterocycles. The fourth-order valence-corrected chi connectivity index (χ4v) is 4.52. The number of aryl methyl sites for hydroxylation is 2. The van der Waals surface area contributed by atoms with E-state index >= 15 is 0 Å². The molecule has 0 saturated carbocycles.